The standard InChI is InChI=1S/C33H38N6O3/c1-23-19-39(22-35-23)29-16-24(20-38-14-8-11-27(21-38)37-32(41)42-33(2,3)4)15-28(18-29)36-31(40)30-17-26(12-13-34-30)25-9-6-5-7-10-25/h5-7,9-10,12-13,15-19,22,27H,8,11,14,20-21H2,1-4H3,(H,36,40)(H,37,41)/t27-/m0/s1. The molecule has 0 bridgehead atoms. The van der Waals surface area contributed by atoms with Crippen molar-refractivity contribution in [1.29, 1.82) is 0 Å². The molecule has 42 heavy (non-hydrogen) atoms. The van der Waals surface area contributed by atoms with Gasteiger partial charge in [0.05, 0.1) is 12.0 Å². The van der Waals surface area contributed by atoms with Crippen LogP contribution in [0.25, 0.3) is 16.8 Å². The average Bonchev–Trinajstić information content (AvgIpc) is 3.39. The molecule has 1 aliphatic rings. The Morgan fingerprint density at radius 2 is 1.83 bits per heavy atom. The van der Waals surface area contributed by atoms with Gasteiger partial charge >= 0.3 is 6.09 Å². The molecule has 0 unspecified atom stereocenters. The van der Waals surface area contributed by atoms with E-state index in [0.717, 1.165) is 47.5 Å². The lowest BCUT2D eigenvalue weighted by Gasteiger charge is -2.33. The number of carbonyl (C=O) groups is 2. The van der Waals surface area contributed by atoms with E-state index in [1.165, 1.54) is 0 Å². The fraction of sp³-hybridized carbons (Fsp3) is 0.333. The molecule has 0 aliphatic carbocycles. The van der Waals surface area contributed by atoms with Crippen molar-refractivity contribution in [3.05, 3.63) is 96.3 Å². The third-order valence-corrected chi connectivity index (χ3v) is 6.98. The number of aromatic nitrogens is 3. The van der Waals surface area contributed by atoms with Crippen molar-refractivity contribution >= 4 is 17.7 Å². The zero-order valence-corrected chi connectivity index (χ0v) is 24.6. The van der Waals surface area contributed by atoms with Crippen molar-refractivity contribution in [2.24, 2.45) is 0 Å². The van der Waals surface area contributed by atoms with E-state index in [1.807, 2.05) is 87.0 Å². The SMILES string of the molecule is Cc1cn(-c2cc(CN3CCC[C@H](NC(=O)OC(C)(C)C)C3)cc(NC(=O)c3cc(-c4ccccc4)ccn3)c2)cn1. The van der Waals surface area contributed by atoms with Gasteiger partial charge in [0, 0.05) is 42.9 Å². The Bertz CT molecular complexity index is 1540. The fourth-order valence-corrected chi connectivity index (χ4v) is 5.16. The minimum Gasteiger partial charge on any atom is -0.444 e. The van der Waals surface area contributed by atoms with Gasteiger partial charge in [0.15, 0.2) is 0 Å². The summed E-state index contributed by atoms with van der Waals surface area (Å²) in [7, 11) is 0. The summed E-state index contributed by atoms with van der Waals surface area (Å²) >= 11 is 0. The summed E-state index contributed by atoms with van der Waals surface area (Å²) in [5, 5.41) is 6.08. The molecule has 2 aromatic carbocycles. The predicted octanol–water partition coefficient (Wildman–Crippen LogP) is 5.98. The number of alkyl carbamates (subject to hydrolysis) is 1. The summed E-state index contributed by atoms with van der Waals surface area (Å²) in [5.41, 5.74) is 5.27. The first-order chi connectivity index (χ1) is 20.1. The van der Waals surface area contributed by atoms with Gasteiger partial charge in [0.2, 0.25) is 0 Å². The van der Waals surface area contributed by atoms with Gasteiger partial charge in [-0.25, -0.2) is 9.78 Å². The second kappa shape index (κ2) is 12.6. The van der Waals surface area contributed by atoms with Crippen molar-refractivity contribution in [3.8, 4) is 16.8 Å². The number of carbonyl (C=O) groups excluding carboxylic acids is 2. The van der Waals surface area contributed by atoms with Gasteiger partial charge in [-0.05, 0) is 94.1 Å². The molecule has 5 rings (SSSR count). The van der Waals surface area contributed by atoms with Crippen LogP contribution in [0.5, 0.6) is 0 Å². The summed E-state index contributed by atoms with van der Waals surface area (Å²) < 4.78 is 7.41. The van der Waals surface area contributed by atoms with Crippen LogP contribution in [-0.4, -0.2) is 56.2 Å². The Labute approximate surface area is 246 Å². The van der Waals surface area contributed by atoms with Crippen LogP contribution in [0.1, 0.15) is 55.4 Å². The lowest BCUT2D eigenvalue weighted by atomic mass is 10.0. The van der Waals surface area contributed by atoms with E-state index >= 15 is 0 Å². The summed E-state index contributed by atoms with van der Waals surface area (Å²) in [4.78, 5) is 36.7. The van der Waals surface area contributed by atoms with Crippen LogP contribution in [0, 0.1) is 6.92 Å². The van der Waals surface area contributed by atoms with Crippen LogP contribution in [0.15, 0.2) is 79.4 Å². The maximum atomic E-state index is 13.3. The van der Waals surface area contributed by atoms with E-state index in [9.17, 15) is 9.59 Å². The van der Waals surface area contributed by atoms with Crippen molar-refractivity contribution in [2.45, 2.75) is 58.7 Å². The number of benzene rings is 2. The summed E-state index contributed by atoms with van der Waals surface area (Å²) in [5.74, 6) is -0.280. The Morgan fingerprint density at radius 1 is 1.02 bits per heavy atom. The van der Waals surface area contributed by atoms with Crippen LogP contribution in [-0.2, 0) is 11.3 Å². The minimum absolute atomic E-state index is 0.00946. The average molecular weight is 567 g/mol. The summed E-state index contributed by atoms with van der Waals surface area (Å²) in [6.07, 6.45) is 6.87. The molecule has 218 valence electrons. The topological polar surface area (TPSA) is 101 Å². The number of pyridine rings is 1. The third kappa shape index (κ3) is 7.82. The van der Waals surface area contributed by atoms with Crippen molar-refractivity contribution in [2.75, 3.05) is 18.4 Å². The molecule has 0 radical (unpaired) electrons. The zero-order chi connectivity index (χ0) is 29.7. The number of amides is 2. The third-order valence-electron chi connectivity index (χ3n) is 6.98. The molecule has 9 nitrogen and oxygen atoms in total. The van der Waals surface area contributed by atoms with Crippen molar-refractivity contribution in [1.82, 2.24) is 24.8 Å². The number of piperidine rings is 1. The number of likely N-dealkylation sites (tertiary alicyclic amines) is 1. The number of imidazole rings is 1. The van der Waals surface area contributed by atoms with E-state index in [4.69, 9.17) is 4.74 Å². The highest BCUT2D eigenvalue weighted by Gasteiger charge is 2.24. The molecule has 0 spiro atoms. The Balaban J connectivity index is 1.34. The molecule has 2 N–H and O–H groups in total. The number of nitrogens with zero attached hydrogens (tertiary/aromatic N) is 4. The second-order valence-corrected chi connectivity index (χ2v) is 11.8. The zero-order valence-electron chi connectivity index (χ0n) is 24.6. The molecule has 0 saturated carbocycles. The molecule has 2 aromatic heterocycles. The molecule has 1 saturated heterocycles. The van der Waals surface area contributed by atoms with Gasteiger partial charge in [-0.1, -0.05) is 30.3 Å². The molecule has 9 heteroatoms. The van der Waals surface area contributed by atoms with Gasteiger partial charge in [0.1, 0.15) is 11.3 Å². The van der Waals surface area contributed by atoms with E-state index in [1.54, 1.807) is 18.6 Å². The number of rotatable bonds is 7. The Hall–Kier alpha value is -4.50. The molecule has 3 heterocycles. The molecular formula is C33H38N6O3. The molecule has 1 fully saturated rings. The van der Waals surface area contributed by atoms with Crippen LogP contribution in [0.4, 0.5) is 10.5 Å². The first-order valence-electron chi connectivity index (χ1n) is 14.3. The highest BCUT2D eigenvalue weighted by Crippen LogP contribution is 2.24. The first-order valence-corrected chi connectivity index (χ1v) is 14.3. The fourth-order valence-electron chi connectivity index (χ4n) is 5.16. The van der Waals surface area contributed by atoms with Gasteiger partial charge in [-0.2, -0.15) is 0 Å². The van der Waals surface area contributed by atoms with Crippen LogP contribution in [0.2, 0.25) is 0 Å². The first kappa shape index (κ1) is 29.0. The Morgan fingerprint density at radius 3 is 2.57 bits per heavy atom. The molecule has 2 amide bonds. The molecule has 1 aliphatic heterocycles. The minimum atomic E-state index is -0.538. The quantitative estimate of drug-likeness (QED) is 0.285. The molecule has 4 aromatic rings. The normalized spacial score (nSPS) is 15.7. The predicted molar refractivity (Wildman–Crippen MR) is 164 cm³/mol. The van der Waals surface area contributed by atoms with Crippen molar-refractivity contribution < 1.29 is 14.3 Å². The van der Waals surface area contributed by atoms with E-state index in [0.29, 0.717) is 24.5 Å². The van der Waals surface area contributed by atoms with Crippen LogP contribution < -0.4 is 10.6 Å². The number of ether oxygens (including phenoxy) is 1. The number of aryl methyl sites for hydroxylation is 1. The number of nitrogens with one attached hydrogen (secondary N) is 2. The van der Waals surface area contributed by atoms with E-state index < -0.39 is 5.60 Å². The van der Waals surface area contributed by atoms with E-state index in [2.05, 4.69) is 31.6 Å². The highest BCUT2D eigenvalue weighted by molar-refractivity contribution is 6.03. The molecular weight excluding hydrogens is 528 g/mol. The van der Waals surface area contributed by atoms with Gasteiger partial charge in [-0.3, -0.25) is 14.7 Å². The van der Waals surface area contributed by atoms with Crippen molar-refractivity contribution in [3.63, 3.8) is 0 Å². The lowest BCUT2D eigenvalue weighted by molar-refractivity contribution is 0.0470. The van der Waals surface area contributed by atoms with Crippen LogP contribution >= 0.6 is 0 Å². The summed E-state index contributed by atoms with van der Waals surface area (Å²) in [6.45, 7) is 9.83. The highest BCUT2D eigenvalue weighted by atomic mass is 16.6. The van der Waals surface area contributed by atoms with Gasteiger partial charge < -0.3 is 19.9 Å². The summed E-state index contributed by atoms with van der Waals surface area (Å²) in [6, 6.07) is 19.7. The Kier molecular flexibility index (Phi) is 8.68. The van der Waals surface area contributed by atoms with Gasteiger partial charge in [-0.15, -0.1) is 0 Å². The number of anilines is 1. The number of hydrogen-bond acceptors (Lipinski definition) is 6. The molecule has 1 atom stereocenters. The largest absolute Gasteiger partial charge is 0.444 e. The monoisotopic (exact) mass is 566 g/mol. The van der Waals surface area contributed by atoms with Gasteiger partial charge in [0.25, 0.3) is 5.91 Å². The second-order valence-electron chi connectivity index (χ2n) is 11.8. The smallest absolute Gasteiger partial charge is 0.407 e. The number of hydrogen-bond donors (Lipinski definition) is 2. The lowest BCUT2D eigenvalue weighted by Crippen LogP contribution is -2.48. The maximum Gasteiger partial charge on any atom is 0.407 e. The van der Waals surface area contributed by atoms with E-state index in [-0.39, 0.29) is 18.0 Å². The van der Waals surface area contributed by atoms with Crippen LogP contribution in [0.3, 0.4) is 0 Å². The maximum absolute atomic E-state index is 13.3.